The second kappa shape index (κ2) is 8.87. The number of nitrogens with one attached hydrogen (secondary N) is 2. The van der Waals surface area contributed by atoms with Gasteiger partial charge in [0.2, 0.25) is 5.91 Å². The molecule has 0 bridgehead atoms. The van der Waals surface area contributed by atoms with Gasteiger partial charge in [-0.3, -0.25) is 14.4 Å². The topological polar surface area (TPSA) is 78.5 Å². The van der Waals surface area contributed by atoms with Crippen LogP contribution in [0.2, 0.25) is 0 Å². The highest BCUT2D eigenvalue weighted by Gasteiger charge is 2.20. The van der Waals surface area contributed by atoms with Crippen molar-refractivity contribution in [1.29, 1.82) is 0 Å². The summed E-state index contributed by atoms with van der Waals surface area (Å²) in [4.78, 5) is 38.6. The summed E-state index contributed by atoms with van der Waals surface area (Å²) in [6, 6.07) is 13.6. The zero-order valence-electron chi connectivity index (χ0n) is 15.4. The van der Waals surface area contributed by atoms with Crippen LogP contribution in [-0.2, 0) is 4.79 Å². The number of hydrogen-bond acceptors (Lipinski definition) is 3. The lowest BCUT2D eigenvalue weighted by atomic mass is 10.1. The van der Waals surface area contributed by atoms with Crippen molar-refractivity contribution in [3.63, 3.8) is 0 Å². The van der Waals surface area contributed by atoms with Crippen LogP contribution < -0.4 is 15.5 Å². The minimum atomic E-state index is -0.354. The summed E-state index contributed by atoms with van der Waals surface area (Å²) in [5.74, 6) is 1.76. The molecule has 0 radical (unpaired) electrons. The Balaban J connectivity index is 1.73. The summed E-state index contributed by atoms with van der Waals surface area (Å²) in [6.45, 7) is 0.808. The van der Waals surface area contributed by atoms with E-state index in [1.807, 2.05) is 0 Å². The highest BCUT2D eigenvalue weighted by molar-refractivity contribution is 6.09. The van der Waals surface area contributed by atoms with Crippen molar-refractivity contribution in [2.24, 2.45) is 0 Å². The first-order valence-electron chi connectivity index (χ1n) is 9.12. The normalized spacial score (nSPS) is 13.5. The number of anilines is 2. The molecule has 2 aromatic rings. The number of para-hydroxylation sites is 1. The van der Waals surface area contributed by atoms with E-state index in [2.05, 4.69) is 16.6 Å². The maximum atomic E-state index is 12.6. The molecule has 28 heavy (non-hydrogen) atoms. The highest BCUT2D eigenvalue weighted by atomic mass is 16.2. The molecule has 1 aliphatic heterocycles. The molecule has 3 amide bonds. The third-order valence-electron chi connectivity index (χ3n) is 4.54. The molecule has 3 rings (SSSR count). The number of nitrogens with zero attached hydrogens (tertiary/aromatic N) is 1. The Labute approximate surface area is 163 Å². The average Bonchev–Trinajstić information content (AvgIpc) is 2.73. The van der Waals surface area contributed by atoms with E-state index >= 15 is 0 Å². The monoisotopic (exact) mass is 375 g/mol. The second-order valence-corrected chi connectivity index (χ2v) is 6.44. The van der Waals surface area contributed by atoms with Crippen LogP contribution in [0.4, 0.5) is 11.4 Å². The molecule has 0 atom stereocenters. The van der Waals surface area contributed by atoms with Crippen LogP contribution in [-0.4, -0.2) is 30.8 Å². The van der Waals surface area contributed by atoms with Gasteiger partial charge in [-0.2, -0.15) is 0 Å². The third kappa shape index (κ3) is 4.38. The molecule has 0 unspecified atom stereocenters. The van der Waals surface area contributed by atoms with Crippen LogP contribution in [0, 0.1) is 12.3 Å². The van der Waals surface area contributed by atoms with Crippen LogP contribution in [0.1, 0.15) is 40.0 Å². The van der Waals surface area contributed by atoms with Gasteiger partial charge >= 0.3 is 0 Å². The van der Waals surface area contributed by atoms with Crippen molar-refractivity contribution in [2.45, 2.75) is 19.3 Å². The van der Waals surface area contributed by atoms with Gasteiger partial charge < -0.3 is 15.5 Å². The number of piperidine rings is 1. The lowest BCUT2D eigenvalue weighted by Crippen LogP contribution is -2.35. The van der Waals surface area contributed by atoms with Crippen LogP contribution >= 0.6 is 0 Å². The molecule has 1 fully saturated rings. The third-order valence-corrected chi connectivity index (χ3v) is 4.54. The Morgan fingerprint density at radius 1 is 1.04 bits per heavy atom. The van der Waals surface area contributed by atoms with Crippen molar-refractivity contribution in [3.8, 4) is 12.3 Å². The Morgan fingerprint density at radius 3 is 2.50 bits per heavy atom. The largest absolute Gasteiger partial charge is 0.341 e. The van der Waals surface area contributed by atoms with Gasteiger partial charge in [0.1, 0.15) is 0 Å². The van der Waals surface area contributed by atoms with Gasteiger partial charge in [0.05, 0.1) is 17.8 Å². The number of rotatable bonds is 5. The fourth-order valence-electron chi connectivity index (χ4n) is 3.08. The van der Waals surface area contributed by atoms with Gasteiger partial charge in [-0.1, -0.05) is 18.1 Å². The van der Waals surface area contributed by atoms with E-state index in [0.29, 0.717) is 29.8 Å². The molecule has 0 aromatic heterocycles. The molecule has 1 heterocycles. The predicted molar refractivity (Wildman–Crippen MR) is 108 cm³/mol. The highest BCUT2D eigenvalue weighted by Crippen LogP contribution is 2.22. The van der Waals surface area contributed by atoms with Gasteiger partial charge in [-0.25, -0.2) is 0 Å². The van der Waals surface area contributed by atoms with Crippen molar-refractivity contribution in [3.05, 3.63) is 59.7 Å². The number of amides is 3. The summed E-state index contributed by atoms with van der Waals surface area (Å²) >= 11 is 0. The second-order valence-electron chi connectivity index (χ2n) is 6.44. The SMILES string of the molecule is C#CCNC(=O)c1ccccc1NC(=O)c1ccc(N2CCCCC2=O)cc1. The Bertz CT molecular complexity index is 929. The standard InChI is InChI=1S/C22H21N3O3/c1-2-14-23-22(28)18-7-3-4-8-19(18)24-21(27)16-10-12-17(13-11-16)25-15-6-5-9-20(25)26/h1,3-4,7-8,10-13H,5-6,9,14-15H2,(H,23,28)(H,24,27). The number of carbonyl (C=O) groups excluding carboxylic acids is 3. The molecule has 6 nitrogen and oxygen atoms in total. The van der Waals surface area contributed by atoms with Gasteiger partial charge in [-0.15, -0.1) is 6.42 Å². The first kappa shape index (κ1) is 19.2. The van der Waals surface area contributed by atoms with Crippen LogP contribution in [0.5, 0.6) is 0 Å². The fourth-order valence-corrected chi connectivity index (χ4v) is 3.08. The van der Waals surface area contributed by atoms with Gasteiger partial charge in [0, 0.05) is 24.2 Å². The summed E-state index contributed by atoms with van der Waals surface area (Å²) in [6.07, 6.45) is 7.62. The van der Waals surface area contributed by atoms with E-state index < -0.39 is 0 Å². The predicted octanol–water partition coefficient (Wildman–Crippen LogP) is 2.82. The minimum absolute atomic E-state index is 0.107. The van der Waals surface area contributed by atoms with Crippen molar-refractivity contribution in [1.82, 2.24) is 5.32 Å². The van der Waals surface area contributed by atoms with Crippen molar-refractivity contribution in [2.75, 3.05) is 23.3 Å². The molecular formula is C22H21N3O3. The lowest BCUT2D eigenvalue weighted by molar-refractivity contribution is -0.119. The fraction of sp³-hybridized carbons (Fsp3) is 0.227. The molecule has 0 saturated carbocycles. The van der Waals surface area contributed by atoms with Crippen LogP contribution in [0.25, 0.3) is 0 Å². The quantitative estimate of drug-likeness (QED) is 0.789. The van der Waals surface area contributed by atoms with E-state index in [4.69, 9.17) is 6.42 Å². The molecule has 1 aliphatic rings. The summed E-state index contributed by atoms with van der Waals surface area (Å²) in [7, 11) is 0. The minimum Gasteiger partial charge on any atom is -0.341 e. The van der Waals surface area contributed by atoms with E-state index in [-0.39, 0.29) is 24.3 Å². The van der Waals surface area contributed by atoms with E-state index in [1.165, 1.54) is 0 Å². The van der Waals surface area contributed by atoms with Crippen LogP contribution in [0.15, 0.2) is 48.5 Å². The summed E-state index contributed by atoms with van der Waals surface area (Å²) < 4.78 is 0. The summed E-state index contributed by atoms with van der Waals surface area (Å²) in [5, 5.41) is 5.35. The summed E-state index contributed by atoms with van der Waals surface area (Å²) in [5.41, 5.74) is 1.96. The number of terminal acetylenes is 1. The Kier molecular flexibility index (Phi) is 6.07. The molecular weight excluding hydrogens is 354 g/mol. The zero-order valence-corrected chi connectivity index (χ0v) is 15.4. The van der Waals surface area contributed by atoms with Crippen LogP contribution in [0.3, 0.4) is 0 Å². The smallest absolute Gasteiger partial charge is 0.255 e. The molecule has 6 heteroatoms. The Morgan fingerprint density at radius 2 is 1.79 bits per heavy atom. The van der Waals surface area contributed by atoms with E-state index in [0.717, 1.165) is 18.5 Å². The molecule has 142 valence electrons. The van der Waals surface area contributed by atoms with Gasteiger partial charge in [0.25, 0.3) is 11.8 Å². The van der Waals surface area contributed by atoms with Gasteiger partial charge in [0.15, 0.2) is 0 Å². The average molecular weight is 375 g/mol. The molecule has 2 aromatic carbocycles. The van der Waals surface area contributed by atoms with Crippen molar-refractivity contribution < 1.29 is 14.4 Å². The molecule has 2 N–H and O–H groups in total. The van der Waals surface area contributed by atoms with E-state index in [1.54, 1.807) is 53.4 Å². The van der Waals surface area contributed by atoms with Crippen molar-refractivity contribution >= 4 is 29.1 Å². The first-order valence-corrected chi connectivity index (χ1v) is 9.12. The molecule has 0 spiro atoms. The number of hydrogen-bond donors (Lipinski definition) is 2. The molecule has 1 saturated heterocycles. The van der Waals surface area contributed by atoms with E-state index in [9.17, 15) is 14.4 Å². The number of carbonyl (C=O) groups is 3. The lowest BCUT2D eigenvalue weighted by Gasteiger charge is -2.26. The first-order chi connectivity index (χ1) is 13.6. The Hall–Kier alpha value is -3.59. The maximum Gasteiger partial charge on any atom is 0.255 e. The molecule has 0 aliphatic carbocycles. The maximum absolute atomic E-state index is 12.6. The van der Waals surface area contributed by atoms with Gasteiger partial charge in [-0.05, 0) is 49.2 Å². The number of benzene rings is 2. The zero-order chi connectivity index (χ0) is 19.9.